The van der Waals surface area contributed by atoms with Gasteiger partial charge in [0.2, 0.25) is 5.71 Å². The van der Waals surface area contributed by atoms with E-state index in [0.29, 0.717) is 27.2 Å². The highest BCUT2D eigenvalue weighted by Crippen LogP contribution is 2.36. The van der Waals surface area contributed by atoms with Crippen LogP contribution in [-0.4, -0.2) is 21.2 Å². The third-order valence-electron chi connectivity index (χ3n) is 6.27. The summed E-state index contributed by atoms with van der Waals surface area (Å²) in [4.78, 5) is 29.9. The Morgan fingerprint density at radius 2 is 1.89 bits per heavy atom. The van der Waals surface area contributed by atoms with Gasteiger partial charge in [0.15, 0.2) is 5.72 Å². The van der Waals surface area contributed by atoms with Crippen molar-refractivity contribution in [2.45, 2.75) is 33.0 Å². The van der Waals surface area contributed by atoms with Gasteiger partial charge in [0, 0.05) is 34.0 Å². The highest BCUT2D eigenvalue weighted by atomic mass is 19.1. The van der Waals surface area contributed by atoms with E-state index in [1.807, 2.05) is 0 Å². The van der Waals surface area contributed by atoms with Crippen molar-refractivity contribution in [2.24, 2.45) is 0 Å². The van der Waals surface area contributed by atoms with Crippen LogP contribution in [0.2, 0.25) is 0 Å². The molecule has 2 aromatic carbocycles. The summed E-state index contributed by atoms with van der Waals surface area (Å²) in [5.41, 5.74) is -0.246. The van der Waals surface area contributed by atoms with Gasteiger partial charge in [0.25, 0.3) is 5.91 Å². The third-order valence-corrected chi connectivity index (χ3v) is 6.27. The number of rotatable bonds is 2. The Morgan fingerprint density at radius 1 is 1.09 bits per heavy atom. The average Bonchev–Trinajstić information content (AvgIpc) is 3.08. The number of nitrogens with one attached hydrogen (secondary N) is 1. The molecular weight excluding hydrogens is 456 g/mol. The van der Waals surface area contributed by atoms with Gasteiger partial charge in [0.05, 0.1) is 17.6 Å². The van der Waals surface area contributed by atoms with E-state index in [9.17, 15) is 14.0 Å². The van der Waals surface area contributed by atoms with Crippen molar-refractivity contribution in [1.82, 2.24) is 14.9 Å². The van der Waals surface area contributed by atoms with E-state index in [4.69, 9.17) is 9.15 Å². The topological polar surface area (TPSA) is 86.4 Å². The number of amides is 1. The summed E-state index contributed by atoms with van der Waals surface area (Å²) in [5, 5.41) is 4.45. The molecule has 1 N–H and O–H groups in total. The van der Waals surface area contributed by atoms with Gasteiger partial charge in [-0.1, -0.05) is 0 Å². The molecule has 5 aromatic rings. The molecule has 9 heteroatoms. The summed E-state index contributed by atoms with van der Waals surface area (Å²) < 4.78 is 42.6. The maximum absolute atomic E-state index is 15.2. The van der Waals surface area contributed by atoms with Gasteiger partial charge in [-0.2, -0.15) is 0 Å². The largest absolute Gasteiger partial charge is 0.468 e. The van der Waals surface area contributed by atoms with Crippen LogP contribution >= 0.6 is 0 Å². The predicted octanol–water partition coefficient (Wildman–Crippen LogP) is 4.79. The molecular formula is C26H19F2N3O4. The summed E-state index contributed by atoms with van der Waals surface area (Å²) in [6.45, 7) is 4.81. The molecule has 0 fully saturated rings. The second-order valence-electron chi connectivity index (χ2n) is 9.18. The minimum Gasteiger partial charge on any atom is -0.468 e. The smallest absolute Gasteiger partial charge is 0.362 e. The molecule has 6 rings (SSSR count). The molecule has 35 heavy (non-hydrogen) atoms. The van der Waals surface area contributed by atoms with E-state index in [1.54, 1.807) is 39.0 Å². The summed E-state index contributed by atoms with van der Waals surface area (Å²) in [6, 6.07) is 9.00. The summed E-state index contributed by atoms with van der Waals surface area (Å²) in [5.74, 6) is -1.36. The van der Waals surface area contributed by atoms with Gasteiger partial charge in [0.1, 0.15) is 22.9 Å². The van der Waals surface area contributed by atoms with Gasteiger partial charge in [-0.05, 0) is 56.7 Å². The fourth-order valence-corrected chi connectivity index (χ4v) is 4.72. The highest BCUT2D eigenvalue weighted by Gasteiger charge is 2.32. The van der Waals surface area contributed by atoms with E-state index in [1.165, 1.54) is 22.9 Å². The molecule has 4 heterocycles. The van der Waals surface area contributed by atoms with Crippen molar-refractivity contribution in [2.75, 3.05) is 0 Å². The van der Waals surface area contributed by atoms with E-state index in [0.717, 1.165) is 6.07 Å². The number of hydrogen-bond donors (Lipinski definition) is 1. The minimum absolute atomic E-state index is 0.125. The molecule has 3 aromatic heterocycles. The van der Waals surface area contributed by atoms with Crippen molar-refractivity contribution >= 4 is 38.8 Å². The number of ether oxygens (including phenoxy) is 1. The lowest BCUT2D eigenvalue weighted by Gasteiger charge is -2.33. The Labute approximate surface area is 196 Å². The van der Waals surface area contributed by atoms with Crippen LogP contribution in [-0.2, 0) is 6.54 Å². The molecule has 1 aliphatic heterocycles. The number of aromatic nitrogens is 2. The van der Waals surface area contributed by atoms with Crippen molar-refractivity contribution in [3.63, 3.8) is 0 Å². The SMILES string of the molecule is Cc1cc2c3c4cccnc4oc(=O)c3n(Cc3cc4c(cc3F)OC(C)(C)NC4=O)c2cc1F. The maximum Gasteiger partial charge on any atom is 0.362 e. The number of nitrogens with zero attached hydrogens (tertiary/aromatic N) is 2. The van der Waals surface area contributed by atoms with Crippen LogP contribution in [0.3, 0.4) is 0 Å². The Morgan fingerprint density at radius 3 is 2.69 bits per heavy atom. The van der Waals surface area contributed by atoms with E-state index >= 15 is 4.39 Å². The number of halogens is 2. The number of carbonyl (C=O) groups excluding carboxylic acids is 1. The molecule has 0 unspecified atom stereocenters. The molecule has 0 saturated carbocycles. The second-order valence-corrected chi connectivity index (χ2v) is 9.18. The first-order valence-corrected chi connectivity index (χ1v) is 11.0. The van der Waals surface area contributed by atoms with Gasteiger partial charge < -0.3 is 19.0 Å². The van der Waals surface area contributed by atoms with Crippen LogP contribution in [0.15, 0.2) is 51.8 Å². The number of aryl methyl sites for hydroxylation is 1. The molecule has 1 aliphatic rings. The molecule has 1 amide bonds. The van der Waals surface area contributed by atoms with Crippen LogP contribution in [0.1, 0.15) is 35.3 Å². The van der Waals surface area contributed by atoms with Crippen LogP contribution in [0.4, 0.5) is 8.78 Å². The van der Waals surface area contributed by atoms with Crippen LogP contribution < -0.4 is 15.7 Å². The molecule has 176 valence electrons. The zero-order chi connectivity index (χ0) is 24.6. The lowest BCUT2D eigenvalue weighted by molar-refractivity contribution is 0.0430. The van der Waals surface area contributed by atoms with Crippen molar-refractivity contribution in [3.8, 4) is 5.75 Å². The maximum atomic E-state index is 15.2. The van der Waals surface area contributed by atoms with E-state index in [2.05, 4.69) is 10.3 Å². The fraction of sp³-hybridized carbons (Fsp3) is 0.192. The molecule has 0 aliphatic carbocycles. The summed E-state index contributed by atoms with van der Waals surface area (Å²) >= 11 is 0. The third kappa shape index (κ3) is 3.18. The highest BCUT2D eigenvalue weighted by molar-refractivity contribution is 6.18. The van der Waals surface area contributed by atoms with Gasteiger partial charge >= 0.3 is 5.63 Å². The number of hydrogen-bond acceptors (Lipinski definition) is 5. The van der Waals surface area contributed by atoms with E-state index in [-0.39, 0.29) is 34.7 Å². The summed E-state index contributed by atoms with van der Waals surface area (Å²) in [7, 11) is 0. The Bertz CT molecular complexity index is 1790. The average molecular weight is 475 g/mol. The quantitative estimate of drug-likeness (QED) is 0.397. The van der Waals surface area contributed by atoms with Crippen molar-refractivity contribution in [1.29, 1.82) is 0 Å². The fourth-order valence-electron chi connectivity index (χ4n) is 4.72. The number of pyridine rings is 1. The summed E-state index contributed by atoms with van der Waals surface area (Å²) in [6.07, 6.45) is 1.51. The van der Waals surface area contributed by atoms with E-state index < -0.39 is 28.9 Å². The Kier molecular flexibility index (Phi) is 4.32. The van der Waals surface area contributed by atoms with Crippen LogP contribution in [0.5, 0.6) is 5.75 Å². The first-order chi connectivity index (χ1) is 16.6. The van der Waals surface area contributed by atoms with Crippen molar-refractivity contribution in [3.05, 3.63) is 81.3 Å². The lowest BCUT2D eigenvalue weighted by atomic mass is 10.0. The predicted molar refractivity (Wildman–Crippen MR) is 126 cm³/mol. The molecule has 7 nitrogen and oxygen atoms in total. The number of benzene rings is 2. The molecule has 0 atom stereocenters. The monoisotopic (exact) mass is 475 g/mol. The molecule has 0 radical (unpaired) electrons. The number of carbonyl (C=O) groups is 1. The van der Waals surface area contributed by atoms with Crippen LogP contribution in [0, 0.1) is 18.6 Å². The molecule has 0 spiro atoms. The van der Waals surface area contributed by atoms with Gasteiger partial charge in [-0.15, -0.1) is 0 Å². The van der Waals surface area contributed by atoms with Crippen molar-refractivity contribution < 1.29 is 22.7 Å². The zero-order valence-corrected chi connectivity index (χ0v) is 19.0. The number of fused-ring (bicyclic) bond motifs is 6. The normalized spacial score (nSPS) is 14.8. The zero-order valence-electron chi connectivity index (χ0n) is 19.0. The van der Waals surface area contributed by atoms with Crippen LogP contribution in [0.25, 0.3) is 32.9 Å². The first kappa shape index (κ1) is 21.3. The molecule has 0 bridgehead atoms. The van der Waals surface area contributed by atoms with Gasteiger partial charge in [-0.25, -0.2) is 18.6 Å². The van der Waals surface area contributed by atoms with Gasteiger partial charge in [-0.3, -0.25) is 4.79 Å². The Balaban J connectivity index is 1.64. The Hall–Kier alpha value is -4.27. The second kappa shape index (κ2) is 7.11. The first-order valence-electron chi connectivity index (χ1n) is 11.0. The lowest BCUT2D eigenvalue weighted by Crippen LogP contribution is -2.51. The minimum atomic E-state index is -0.978. The molecule has 0 saturated heterocycles. The standard InChI is InChI=1S/C26H19F2N3O4/c1-12-7-15-19(9-17(12)27)31(22-21(15)14-5-4-6-29-24(14)34-25(22)33)11-13-8-16-20(10-18(13)28)35-26(2,3)30-23(16)32/h4-10H,11H2,1-3H3,(H,30,32).